The summed E-state index contributed by atoms with van der Waals surface area (Å²) in [7, 11) is 1.58. The number of rotatable bonds is 6. The van der Waals surface area contributed by atoms with Gasteiger partial charge in [0.1, 0.15) is 0 Å². The van der Waals surface area contributed by atoms with Crippen molar-refractivity contribution in [3.63, 3.8) is 0 Å². The molecule has 30 heavy (non-hydrogen) atoms. The number of halogens is 1. The number of ether oxygens (including phenoxy) is 2. The maximum atomic E-state index is 12.6. The number of methoxy groups -OCH3 is 1. The van der Waals surface area contributed by atoms with E-state index in [0.717, 1.165) is 11.6 Å². The smallest absolute Gasteiger partial charge is 0.260 e. The van der Waals surface area contributed by atoms with Crippen molar-refractivity contribution in [2.45, 2.75) is 0 Å². The fourth-order valence-electron chi connectivity index (χ4n) is 3.48. The van der Waals surface area contributed by atoms with Gasteiger partial charge in [-0.25, -0.2) is 4.98 Å². The second-order valence-corrected chi connectivity index (χ2v) is 7.32. The van der Waals surface area contributed by atoms with Crippen LogP contribution in [0.1, 0.15) is 0 Å². The van der Waals surface area contributed by atoms with E-state index in [2.05, 4.69) is 9.88 Å². The van der Waals surface area contributed by atoms with E-state index >= 15 is 0 Å². The number of para-hydroxylation sites is 2. The minimum atomic E-state index is -0.0428. The second-order valence-electron chi connectivity index (χ2n) is 6.88. The lowest BCUT2D eigenvalue weighted by Crippen LogP contribution is -2.50. The standard InChI is InChI=1S/C22H23ClN4O3/c1-29-19-7-2-3-8-20(19)30-16-21(28)25-11-13-26(14-12-25)22-24-9-10-27(22)18-6-4-5-17(23)15-18/h2-10,15H,11-14,16H2,1H3. The molecule has 1 amide bonds. The molecule has 1 aliphatic heterocycles. The van der Waals surface area contributed by atoms with Crippen LogP contribution < -0.4 is 14.4 Å². The van der Waals surface area contributed by atoms with Gasteiger partial charge in [0.2, 0.25) is 5.95 Å². The molecule has 1 saturated heterocycles. The molecular formula is C22H23ClN4O3. The Bertz CT molecular complexity index is 1010. The van der Waals surface area contributed by atoms with Crippen LogP contribution >= 0.6 is 11.6 Å². The topological polar surface area (TPSA) is 59.8 Å². The third-order valence-electron chi connectivity index (χ3n) is 5.04. The molecule has 0 saturated carbocycles. The number of carbonyl (C=O) groups is 1. The maximum Gasteiger partial charge on any atom is 0.260 e. The molecule has 1 aliphatic rings. The van der Waals surface area contributed by atoms with Crippen LogP contribution in [0.2, 0.25) is 5.02 Å². The lowest BCUT2D eigenvalue weighted by Gasteiger charge is -2.35. The predicted octanol–water partition coefficient (Wildman–Crippen LogP) is 3.26. The Morgan fingerprint density at radius 3 is 2.57 bits per heavy atom. The van der Waals surface area contributed by atoms with E-state index in [-0.39, 0.29) is 12.5 Å². The molecule has 7 nitrogen and oxygen atoms in total. The number of hydrogen-bond donors (Lipinski definition) is 0. The summed E-state index contributed by atoms with van der Waals surface area (Å²) in [4.78, 5) is 21.1. The molecular weight excluding hydrogens is 404 g/mol. The van der Waals surface area contributed by atoms with Crippen molar-refractivity contribution in [1.29, 1.82) is 0 Å². The summed E-state index contributed by atoms with van der Waals surface area (Å²) in [6.45, 7) is 2.58. The number of anilines is 1. The maximum absolute atomic E-state index is 12.6. The average molecular weight is 427 g/mol. The molecule has 8 heteroatoms. The van der Waals surface area contributed by atoms with E-state index in [0.29, 0.717) is 42.7 Å². The Kier molecular flexibility index (Phi) is 6.09. The average Bonchev–Trinajstić information content (AvgIpc) is 3.28. The number of carbonyl (C=O) groups excluding carboxylic acids is 1. The highest BCUT2D eigenvalue weighted by Crippen LogP contribution is 2.26. The first kappa shape index (κ1) is 20.1. The quantitative estimate of drug-likeness (QED) is 0.605. The molecule has 1 aromatic heterocycles. The van der Waals surface area contributed by atoms with Crippen molar-refractivity contribution >= 4 is 23.5 Å². The molecule has 0 atom stereocenters. The normalized spacial score (nSPS) is 13.9. The van der Waals surface area contributed by atoms with Crippen LogP contribution in [0.3, 0.4) is 0 Å². The minimum absolute atomic E-state index is 0.0164. The van der Waals surface area contributed by atoms with Gasteiger partial charge in [0.05, 0.1) is 7.11 Å². The number of hydrogen-bond acceptors (Lipinski definition) is 5. The van der Waals surface area contributed by atoms with Crippen molar-refractivity contribution in [2.24, 2.45) is 0 Å². The van der Waals surface area contributed by atoms with E-state index < -0.39 is 0 Å². The van der Waals surface area contributed by atoms with Gasteiger partial charge in [-0.05, 0) is 30.3 Å². The molecule has 3 aromatic rings. The van der Waals surface area contributed by atoms with Gasteiger partial charge in [-0.3, -0.25) is 9.36 Å². The van der Waals surface area contributed by atoms with Crippen LogP contribution in [0.25, 0.3) is 5.69 Å². The zero-order valence-electron chi connectivity index (χ0n) is 16.7. The summed E-state index contributed by atoms with van der Waals surface area (Å²) < 4.78 is 12.9. The molecule has 0 N–H and O–H groups in total. The molecule has 2 aromatic carbocycles. The lowest BCUT2D eigenvalue weighted by molar-refractivity contribution is -0.133. The first-order valence-corrected chi connectivity index (χ1v) is 10.1. The predicted molar refractivity (Wildman–Crippen MR) is 116 cm³/mol. The van der Waals surface area contributed by atoms with Gasteiger partial charge in [0.25, 0.3) is 5.91 Å². The number of piperazine rings is 1. The third kappa shape index (κ3) is 4.36. The fraction of sp³-hybridized carbons (Fsp3) is 0.273. The summed E-state index contributed by atoms with van der Waals surface area (Å²) in [6, 6.07) is 15.0. The fourth-order valence-corrected chi connectivity index (χ4v) is 3.67. The molecule has 1 fully saturated rings. The van der Waals surface area contributed by atoms with Crippen molar-refractivity contribution in [1.82, 2.24) is 14.5 Å². The van der Waals surface area contributed by atoms with Crippen molar-refractivity contribution in [3.8, 4) is 17.2 Å². The van der Waals surface area contributed by atoms with Crippen LogP contribution in [0.5, 0.6) is 11.5 Å². The minimum Gasteiger partial charge on any atom is -0.493 e. The number of nitrogens with zero attached hydrogens (tertiary/aromatic N) is 4. The summed E-state index contributed by atoms with van der Waals surface area (Å²) in [6.07, 6.45) is 3.69. The highest BCUT2D eigenvalue weighted by Gasteiger charge is 2.24. The van der Waals surface area contributed by atoms with Gasteiger partial charge < -0.3 is 19.3 Å². The van der Waals surface area contributed by atoms with Crippen molar-refractivity contribution in [3.05, 3.63) is 65.9 Å². The zero-order valence-corrected chi connectivity index (χ0v) is 17.5. The first-order valence-electron chi connectivity index (χ1n) is 9.73. The molecule has 4 rings (SSSR count). The molecule has 2 heterocycles. The van der Waals surface area contributed by atoms with Crippen LogP contribution in [-0.4, -0.2) is 60.3 Å². The number of aromatic nitrogens is 2. The molecule has 156 valence electrons. The molecule has 0 aliphatic carbocycles. The molecule has 0 spiro atoms. The number of imidazole rings is 1. The highest BCUT2D eigenvalue weighted by atomic mass is 35.5. The Morgan fingerprint density at radius 2 is 1.83 bits per heavy atom. The van der Waals surface area contributed by atoms with Gasteiger partial charge in [-0.1, -0.05) is 29.8 Å². The van der Waals surface area contributed by atoms with Crippen molar-refractivity contribution in [2.75, 3.05) is 44.8 Å². The summed E-state index contributed by atoms with van der Waals surface area (Å²) in [5.41, 5.74) is 0.957. The van der Waals surface area contributed by atoms with Gasteiger partial charge in [-0.2, -0.15) is 0 Å². The lowest BCUT2D eigenvalue weighted by atomic mass is 10.3. The monoisotopic (exact) mass is 426 g/mol. The number of amides is 1. The van der Waals surface area contributed by atoms with Gasteiger partial charge >= 0.3 is 0 Å². The van der Waals surface area contributed by atoms with Gasteiger partial charge in [0.15, 0.2) is 18.1 Å². The Labute approximate surface area is 180 Å². The molecule has 0 bridgehead atoms. The summed E-state index contributed by atoms with van der Waals surface area (Å²) in [5, 5.41) is 0.678. The Hall–Kier alpha value is -3.19. The van der Waals surface area contributed by atoms with Crippen LogP contribution in [0.15, 0.2) is 60.9 Å². The second kappa shape index (κ2) is 9.09. The largest absolute Gasteiger partial charge is 0.493 e. The van der Waals surface area contributed by atoms with Crippen molar-refractivity contribution < 1.29 is 14.3 Å². The van der Waals surface area contributed by atoms with E-state index in [1.807, 2.05) is 52.1 Å². The molecule has 0 radical (unpaired) electrons. The third-order valence-corrected chi connectivity index (χ3v) is 5.28. The molecule has 0 unspecified atom stereocenters. The summed E-state index contributed by atoms with van der Waals surface area (Å²) in [5.74, 6) is 1.98. The van der Waals surface area contributed by atoms with Crippen LogP contribution in [0.4, 0.5) is 5.95 Å². The van der Waals surface area contributed by atoms with E-state index in [1.54, 1.807) is 25.4 Å². The van der Waals surface area contributed by atoms with Gasteiger partial charge in [-0.15, -0.1) is 0 Å². The SMILES string of the molecule is COc1ccccc1OCC(=O)N1CCN(c2nccn2-c2cccc(Cl)c2)CC1. The van der Waals surface area contributed by atoms with E-state index in [1.165, 1.54) is 0 Å². The van der Waals surface area contributed by atoms with Gasteiger partial charge in [0, 0.05) is 49.3 Å². The Morgan fingerprint density at radius 1 is 1.07 bits per heavy atom. The summed E-state index contributed by atoms with van der Waals surface area (Å²) >= 11 is 6.14. The van der Waals surface area contributed by atoms with Crippen LogP contribution in [-0.2, 0) is 4.79 Å². The van der Waals surface area contributed by atoms with E-state index in [9.17, 15) is 4.79 Å². The van der Waals surface area contributed by atoms with Crippen LogP contribution in [0, 0.1) is 0 Å². The first-order chi connectivity index (χ1) is 14.7. The van der Waals surface area contributed by atoms with E-state index in [4.69, 9.17) is 21.1 Å². The zero-order chi connectivity index (χ0) is 20.9. The number of benzene rings is 2. The highest BCUT2D eigenvalue weighted by molar-refractivity contribution is 6.30. The Balaban J connectivity index is 1.35.